The van der Waals surface area contributed by atoms with Crippen molar-refractivity contribution in [2.45, 2.75) is 6.92 Å². The number of aliphatic hydroxyl groups excluding tert-OH is 1. The molecule has 0 aliphatic rings. The van der Waals surface area contributed by atoms with E-state index in [0.29, 0.717) is 5.76 Å². The molecule has 0 fully saturated rings. The fraction of sp³-hybridized carbons (Fsp3) is 0.500. The Morgan fingerprint density at radius 1 is 1.83 bits per heavy atom. The van der Waals surface area contributed by atoms with Gasteiger partial charge in [0, 0.05) is 0 Å². The number of hydrogen-bond donors (Lipinski definition) is 1. The first kappa shape index (κ1) is 5.97. The Morgan fingerprint density at radius 3 is 2.33 bits per heavy atom. The summed E-state index contributed by atoms with van der Waals surface area (Å²) in [6.07, 6.45) is 0. The summed E-state index contributed by atoms with van der Waals surface area (Å²) in [6, 6.07) is 0. The van der Waals surface area contributed by atoms with Gasteiger partial charge in [-0.15, -0.1) is 0 Å². The maximum absolute atomic E-state index is 8.42. The van der Waals surface area contributed by atoms with E-state index in [0.717, 1.165) is 8.58 Å². The second-order valence-electron chi connectivity index (χ2n) is 1.07. The minimum atomic E-state index is 0.427. The van der Waals surface area contributed by atoms with Gasteiger partial charge in [-0.2, -0.15) is 0 Å². The molecular weight excluding hydrogens is 95.0 g/mol. The molecule has 0 saturated heterocycles. The summed E-state index contributed by atoms with van der Waals surface area (Å²) in [6.45, 7) is 3.69. The van der Waals surface area contributed by atoms with Gasteiger partial charge in [0.05, 0.1) is 5.76 Å². The maximum Gasteiger partial charge on any atom is 0.0893 e. The van der Waals surface area contributed by atoms with E-state index in [9.17, 15) is 0 Å². The van der Waals surface area contributed by atoms with Crippen LogP contribution in [0.1, 0.15) is 6.92 Å². The molecule has 36 valence electrons. The third kappa shape index (κ3) is 3.97. The van der Waals surface area contributed by atoms with Crippen molar-refractivity contribution in [2.75, 3.05) is 6.66 Å². The molecule has 1 unspecified atom stereocenters. The van der Waals surface area contributed by atoms with E-state index in [1.54, 1.807) is 12.7 Å². The molecule has 2 heteroatoms. The van der Waals surface area contributed by atoms with E-state index < -0.39 is 0 Å². The highest BCUT2D eigenvalue weighted by atomic mass is 31.1. The molecule has 0 bridgehead atoms. The van der Waals surface area contributed by atoms with Crippen molar-refractivity contribution in [3.8, 4) is 0 Å². The molecule has 1 nitrogen and oxygen atoms in total. The highest BCUT2D eigenvalue weighted by molar-refractivity contribution is 7.40. The SMILES string of the molecule is CP/C=C(/C)O. The molecule has 0 rings (SSSR count). The lowest BCUT2D eigenvalue weighted by atomic mass is 10.7. The fourth-order valence-electron chi connectivity index (χ4n) is 0.209. The molecule has 6 heavy (non-hydrogen) atoms. The molecule has 0 aromatic carbocycles. The summed E-state index contributed by atoms with van der Waals surface area (Å²) in [7, 11) is 0.726. The lowest BCUT2D eigenvalue weighted by Crippen LogP contribution is -1.60. The average molecular weight is 104 g/mol. The zero-order valence-corrected chi connectivity index (χ0v) is 5.02. The van der Waals surface area contributed by atoms with Crippen LogP contribution in [-0.2, 0) is 0 Å². The van der Waals surface area contributed by atoms with Crippen molar-refractivity contribution < 1.29 is 5.11 Å². The zero-order valence-electron chi connectivity index (χ0n) is 4.02. The Balaban J connectivity index is 3.14. The molecule has 0 radical (unpaired) electrons. The van der Waals surface area contributed by atoms with Gasteiger partial charge in [-0.25, -0.2) is 0 Å². The monoisotopic (exact) mass is 104 g/mol. The molecule has 0 heterocycles. The Bertz CT molecular complexity index is 54.6. The molecule has 0 aliphatic heterocycles. The van der Waals surface area contributed by atoms with Crippen molar-refractivity contribution in [1.29, 1.82) is 0 Å². The van der Waals surface area contributed by atoms with Gasteiger partial charge in [-0.3, -0.25) is 0 Å². The van der Waals surface area contributed by atoms with Crippen LogP contribution >= 0.6 is 8.58 Å². The smallest absolute Gasteiger partial charge is 0.0893 e. The van der Waals surface area contributed by atoms with Gasteiger partial charge < -0.3 is 5.11 Å². The first-order valence-corrected chi connectivity index (χ1v) is 3.38. The number of rotatable bonds is 1. The molecule has 0 aliphatic carbocycles. The minimum Gasteiger partial charge on any atom is -0.513 e. The normalized spacial score (nSPS) is 14.0. The van der Waals surface area contributed by atoms with Crippen molar-refractivity contribution in [3.05, 3.63) is 11.6 Å². The quantitative estimate of drug-likeness (QED) is 0.396. The van der Waals surface area contributed by atoms with Crippen LogP contribution < -0.4 is 0 Å². The number of aliphatic hydroxyl groups is 1. The van der Waals surface area contributed by atoms with Crippen LogP contribution in [0.5, 0.6) is 0 Å². The largest absolute Gasteiger partial charge is 0.513 e. The van der Waals surface area contributed by atoms with Crippen molar-refractivity contribution in [2.24, 2.45) is 0 Å². The molecular formula is C4H9OP. The summed E-state index contributed by atoms with van der Waals surface area (Å²) >= 11 is 0. The van der Waals surface area contributed by atoms with Crippen LogP contribution in [0, 0.1) is 0 Å². The van der Waals surface area contributed by atoms with Gasteiger partial charge in [-0.05, 0) is 19.4 Å². The van der Waals surface area contributed by atoms with Crippen LogP contribution in [0.3, 0.4) is 0 Å². The Kier molecular flexibility index (Phi) is 3.16. The molecule has 0 aromatic rings. The second-order valence-corrected chi connectivity index (χ2v) is 1.94. The van der Waals surface area contributed by atoms with Crippen molar-refractivity contribution in [1.82, 2.24) is 0 Å². The van der Waals surface area contributed by atoms with Crippen LogP contribution in [0.4, 0.5) is 0 Å². The summed E-state index contributed by atoms with van der Waals surface area (Å²) in [4.78, 5) is 0. The third-order valence-corrected chi connectivity index (χ3v) is 1.06. The third-order valence-electron chi connectivity index (χ3n) is 0.353. The molecule has 1 N–H and O–H groups in total. The Labute approximate surface area is 39.9 Å². The van der Waals surface area contributed by atoms with E-state index in [-0.39, 0.29) is 0 Å². The van der Waals surface area contributed by atoms with Gasteiger partial charge >= 0.3 is 0 Å². The number of hydrogen-bond acceptors (Lipinski definition) is 1. The highest BCUT2D eigenvalue weighted by Crippen LogP contribution is 2.05. The summed E-state index contributed by atoms with van der Waals surface area (Å²) in [5, 5.41) is 8.42. The van der Waals surface area contributed by atoms with Crippen molar-refractivity contribution >= 4 is 8.58 Å². The van der Waals surface area contributed by atoms with Gasteiger partial charge in [0.2, 0.25) is 0 Å². The van der Waals surface area contributed by atoms with Crippen molar-refractivity contribution in [3.63, 3.8) is 0 Å². The van der Waals surface area contributed by atoms with E-state index in [1.165, 1.54) is 0 Å². The number of allylic oxidation sites excluding steroid dienone is 1. The molecule has 0 amide bonds. The second kappa shape index (κ2) is 3.17. The average Bonchev–Trinajstić information content (AvgIpc) is 1.35. The minimum absolute atomic E-state index is 0.427. The van der Waals surface area contributed by atoms with Gasteiger partial charge in [0.1, 0.15) is 0 Å². The lowest BCUT2D eigenvalue weighted by Gasteiger charge is -1.80. The maximum atomic E-state index is 8.42. The van der Waals surface area contributed by atoms with Gasteiger partial charge in [0.25, 0.3) is 0 Å². The Morgan fingerprint density at radius 2 is 2.33 bits per heavy atom. The van der Waals surface area contributed by atoms with Gasteiger partial charge in [-0.1, -0.05) is 8.58 Å². The summed E-state index contributed by atoms with van der Waals surface area (Å²) in [5.41, 5.74) is 0. The fourth-order valence-corrected chi connectivity index (χ4v) is 0.627. The predicted octanol–water partition coefficient (Wildman–Crippen LogP) is 1.71. The summed E-state index contributed by atoms with van der Waals surface area (Å²) in [5.74, 6) is 2.22. The first-order valence-electron chi connectivity index (χ1n) is 1.80. The molecule has 1 atom stereocenters. The summed E-state index contributed by atoms with van der Waals surface area (Å²) < 4.78 is 0. The van der Waals surface area contributed by atoms with Crippen LogP contribution in [0.2, 0.25) is 0 Å². The van der Waals surface area contributed by atoms with E-state index >= 15 is 0 Å². The van der Waals surface area contributed by atoms with Crippen LogP contribution in [0.25, 0.3) is 0 Å². The van der Waals surface area contributed by atoms with E-state index in [4.69, 9.17) is 5.11 Å². The molecule has 0 saturated carbocycles. The standard InChI is InChI=1S/C4H9OP/c1-4(5)3-6-2/h3,5-6H,1-2H3/b4-3-. The predicted molar refractivity (Wildman–Crippen MR) is 30.6 cm³/mol. The van der Waals surface area contributed by atoms with Crippen LogP contribution in [0.15, 0.2) is 11.6 Å². The van der Waals surface area contributed by atoms with Gasteiger partial charge in [0.15, 0.2) is 0 Å². The molecule has 0 spiro atoms. The van der Waals surface area contributed by atoms with E-state index in [1.807, 2.05) is 6.66 Å². The Hall–Kier alpha value is -0.0300. The lowest BCUT2D eigenvalue weighted by molar-refractivity contribution is 0.416. The topological polar surface area (TPSA) is 20.2 Å². The van der Waals surface area contributed by atoms with E-state index in [2.05, 4.69) is 0 Å². The highest BCUT2D eigenvalue weighted by Gasteiger charge is 1.69. The molecule has 0 aromatic heterocycles. The van der Waals surface area contributed by atoms with Crippen LogP contribution in [-0.4, -0.2) is 11.8 Å². The first-order chi connectivity index (χ1) is 2.77. The zero-order chi connectivity index (χ0) is 4.99.